The number of urea groups is 1. The average molecular weight is 488 g/mol. The molecule has 1 unspecified atom stereocenters. The number of halogens is 1. The van der Waals surface area contributed by atoms with Gasteiger partial charge in [0.25, 0.3) is 5.91 Å². The number of ether oxygens (including phenoxy) is 1. The summed E-state index contributed by atoms with van der Waals surface area (Å²) >= 11 is 3.41. The second-order valence-corrected chi connectivity index (χ2v) is 7.90. The smallest absolute Gasteiger partial charge is 0.326 e. The first-order chi connectivity index (χ1) is 14.8. The van der Waals surface area contributed by atoms with Crippen LogP contribution < -0.4 is 10.2 Å². The van der Waals surface area contributed by atoms with Crippen LogP contribution in [-0.4, -0.2) is 48.4 Å². The van der Waals surface area contributed by atoms with Crippen molar-refractivity contribution in [3.63, 3.8) is 0 Å². The largest absolute Gasteiger partial charge is 0.465 e. The number of nitrogens with one attached hydrogen (secondary N) is 1. The summed E-state index contributed by atoms with van der Waals surface area (Å²) in [5, 5.41) is 2.68. The lowest BCUT2D eigenvalue weighted by molar-refractivity contribution is -0.142. The summed E-state index contributed by atoms with van der Waals surface area (Å²) < 4.78 is 5.62. The SMILES string of the molecule is CCOC(=O)CN(C(=O)CN1C(=O)NC(C)(c2ccccc2Br)C1=O)c1ccccc1. The van der Waals surface area contributed by atoms with Gasteiger partial charge in [0.2, 0.25) is 5.91 Å². The predicted molar refractivity (Wildman–Crippen MR) is 117 cm³/mol. The number of rotatable bonds is 7. The van der Waals surface area contributed by atoms with Gasteiger partial charge in [-0.05, 0) is 32.0 Å². The van der Waals surface area contributed by atoms with Gasteiger partial charge >= 0.3 is 12.0 Å². The number of imide groups is 1. The fourth-order valence-corrected chi connectivity index (χ4v) is 4.06. The summed E-state index contributed by atoms with van der Waals surface area (Å²) in [5.41, 5.74) is -0.285. The number of amides is 4. The number of nitrogens with zero attached hydrogens (tertiary/aromatic N) is 2. The molecule has 31 heavy (non-hydrogen) atoms. The lowest BCUT2D eigenvalue weighted by atomic mass is 9.92. The first-order valence-corrected chi connectivity index (χ1v) is 10.5. The van der Waals surface area contributed by atoms with E-state index in [1.54, 1.807) is 68.4 Å². The van der Waals surface area contributed by atoms with Crippen molar-refractivity contribution < 1.29 is 23.9 Å². The van der Waals surface area contributed by atoms with E-state index in [9.17, 15) is 19.2 Å². The van der Waals surface area contributed by atoms with Crippen LogP contribution in [0.1, 0.15) is 19.4 Å². The minimum absolute atomic E-state index is 0.174. The number of benzene rings is 2. The lowest BCUT2D eigenvalue weighted by Gasteiger charge is -2.25. The quantitative estimate of drug-likeness (QED) is 0.478. The highest BCUT2D eigenvalue weighted by Gasteiger charge is 2.50. The second-order valence-electron chi connectivity index (χ2n) is 7.05. The Labute approximate surface area is 188 Å². The number of carbonyl (C=O) groups is 4. The van der Waals surface area contributed by atoms with Crippen LogP contribution in [0.5, 0.6) is 0 Å². The van der Waals surface area contributed by atoms with Crippen molar-refractivity contribution in [3.8, 4) is 0 Å². The van der Waals surface area contributed by atoms with Gasteiger partial charge in [0.15, 0.2) is 0 Å². The fraction of sp³-hybridized carbons (Fsp3) is 0.273. The predicted octanol–water partition coefficient (Wildman–Crippen LogP) is 2.81. The molecule has 1 heterocycles. The third-order valence-electron chi connectivity index (χ3n) is 4.94. The normalized spacial score (nSPS) is 18.0. The van der Waals surface area contributed by atoms with Crippen LogP contribution in [0.3, 0.4) is 0 Å². The maximum absolute atomic E-state index is 13.2. The molecule has 0 spiro atoms. The van der Waals surface area contributed by atoms with Crippen LogP contribution in [0.2, 0.25) is 0 Å². The molecule has 1 N–H and O–H groups in total. The van der Waals surface area contributed by atoms with Gasteiger partial charge in [-0.25, -0.2) is 4.79 Å². The van der Waals surface area contributed by atoms with Gasteiger partial charge < -0.3 is 10.1 Å². The highest BCUT2D eigenvalue weighted by molar-refractivity contribution is 9.10. The third-order valence-corrected chi connectivity index (χ3v) is 5.63. The van der Waals surface area contributed by atoms with Crippen LogP contribution in [0.25, 0.3) is 0 Å². The number of anilines is 1. The van der Waals surface area contributed by atoms with Crippen molar-refractivity contribution in [1.29, 1.82) is 0 Å². The zero-order chi connectivity index (χ0) is 22.6. The molecule has 0 aliphatic carbocycles. The molecule has 2 aromatic carbocycles. The Morgan fingerprint density at radius 3 is 2.39 bits per heavy atom. The van der Waals surface area contributed by atoms with Crippen LogP contribution in [0.15, 0.2) is 59.1 Å². The van der Waals surface area contributed by atoms with Crippen LogP contribution >= 0.6 is 15.9 Å². The molecule has 0 radical (unpaired) electrons. The molecule has 0 saturated carbocycles. The summed E-state index contributed by atoms with van der Waals surface area (Å²) in [4.78, 5) is 53.0. The summed E-state index contributed by atoms with van der Waals surface area (Å²) in [6.45, 7) is 2.58. The van der Waals surface area contributed by atoms with E-state index >= 15 is 0 Å². The van der Waals surface area contributed by atoms with E-state index in [-0.39, 0.29) is 13.2 Å². The van der Waals surface area contributed by atoms with E-state index in [2.05, 4.69) is 21.2 Å². The molecule has 0 bridgehead atoms. The summed E-state index contributed by atoms with van der Waals surface area (Å²) in [6.07, 6.45) is 0. The van der Waals surface area contributed by atoms with Gasteiger partial charge in [-0.2, -0.15) is 0 Å². The highest BCUT2D eigenvalue weighted by Crippen LogP contribution is 2.33. The molecule has 1 saturated heterocycles. The lowest BCUT2D eigenvalue weighted by Crippen LogP contribution is -2.46. The van der Waals surface area contributed by atoms with Gasteiger partial charge in [-0.1, -0.05) is 52.3 Å². The number of carbonyl (C=O) groups excluding carboxylic acids is 4. The van der Waals surface area contributed by atoms with Gasteiger partial charge in [-0.15, -0.1) is 0 Å². The zero-order valence-electron chi connectivity index (χ0n) is 17.1. The molecule has 2 aromatic rings. The van der Waals surface area contributed by atoms with Crippen LogP contribution in [-0.2, 0) is 24.7 Å². The second kappa shape index (κ2) is 9.30. The van der Waals surface area contributed by atoms with E-state index in [1.165, 1.54) is 4.90 Å². The zero-order valence-corrected chi connectivity index (χ0v) is 18.7. The molecule has 1 atom stereocenters. The van der Waals surface area contributed by atoms with Crippen molar-refractivity contribution in [2.75, 3.05) is 24.6 Å². The van der Waals surface area contributed by atoms with E-state index in [0.717, 1.165) is 4.90 Å². The van der Waals surface area contributed by atoms with Crippen molar-refractivity contribution >= 4 is 45.4 Å². The monoisotopic (exact) mass is 487 g/mol. The van der Waals surface area contributed by atoms with Crippen molar-refractivity contribution in [3.05, 3.63) is 64.6 Å². The summed E-state index contributed by atoms with van der Waals surface area (Å²) in [7, 11) is 0. The minimum atomic E-state index is -1.32. The molecule has 1 aliphatic rings. The summed E-state index contributed by atoms with van der Waals surface area (Å²) in [6, 6.07) is 14.9. The van der Waals surface area contributed by atoms with Crippen LogP contribution in [0.4, 0.5) is 10.5 Å². The molecule has 162 valence electrons. The Hall–Kier alpha value is -3.20. The fourth-order valence-electron chi connectivity index (χ4n) is 3.38. The maximum atomic E-state index is 13.2. The first kappa shape index (κ1) is 22.5. The van der Waals surface area contributed by atoms with E-state index in [0.29, 0.717) is 15.7 Å². The molecule has 1 aliphatic heterocycles. The van der Waals surface area contributed by atoms with E-state index in [1.807, 2.05) is 0 Å². The molecular formula is C22H22BrN3O5. The molecule has 0 aromatic heterocycles. The molecule has 1 fully saturated rings. The molecule has 4 amide bonds. The van der Waals surface area contributed by atoms with Gasteiger partial charge in [0.05, 0.1) is 6.61 Å². The highest BCUT2D eigenvalue weighted by atomic mass is 79.9. The Balaban J connectivity index is 1.84. The Kier molecular flexibility index (Phi) is 6.74. The van der Waals surface area contributed by atoms with Gasteiger partial charge in [0.1, 0.15) is 18.6 Å². The standard InChI is InChI=1S/C22H22BrN3O5/c1-3-31-19(28)14-25(15-9-5-4-6-10-15)18(27)13-26-20(29)22(2,24-21(26)30)16-11-7-8-12-17(16)23/h4-12H,3,13-14H2,1-2H3,(H,24,30). The van der Waals surface area contributed by atoms with Crippen molar-refractivity contribution in [2.24, 2.45) is 0 Å². The average Bonchev–Trinajstić information content (AvgIpc) is 2.96. The minimum Gasteiger partial charge on any atom is -0.465 e. The molecule has 8 nitrogen and oxygen atoms in total. The van der Waals surface area contributed by atoms with Gasteiger partial charge in [0, 0.05) is 15.7 Å². The molecular weight excluding hydrogens is 466 g/mol. The third kappa shape index (κ3) is 4.61. The molecule has 3 rings (SSSR count). The maximum Gasteiger partial charge on any atom is 0.326 e. The Bertz CT molecular complexity index is 1010. The number of esters is 1. The van der Waals surface area contributed by atoms with E-state index < -0.39 is 35.9 Å². The van der Waals surface area contributed by atoms with Crippen molar-refractivity contribution in [1.82, 2.24) is 10.2 Å². The topological polar surface area (TPSA) is 96.0 Å². The van der Waals surface area contributed by atoms with Crippen molar-refractivity contribution in [2.45, 2.75) is 19.4 Å². The Morgan fingerprint density at radius 2 is 1.74 bits per heavy atom. The molecule has 9 heteroatoms. The first-order valence-electron chi connectivity index (χ1n) is 9.68. The number of hydrogen-bond donors (Lipinski definition) is 1. The number of hydrogen-bond acceptors (Lipinski definition) is 5. The number of para-hydroxylation sites is 1. The van der Waals surface area contributed by atoms with E-state index in [4.69, 9.17) is 4.74 Å². The Morgan fingerprint density at radius 1 is 1.10 bits per heavy atom. The van der Waals surface area contributed by atoms with Gasteiger partial charge in [-0.3, -0.25) is 24.2 Å². The van der Waals surface area contributed by atoms with Crippen LogP contribution in [0, 0.1) is 0 Å². The summed E-state index contributed by atoms with van der Waals surface area (Å²) in [5.74, 6) is -1.73.